The fourth-order valence-corrected chi connectivity index (χ4v) is 3.95. The zero-order chi connectivity index (χ0) is 19.7. The minimum atomic E-state index is 0.243. The summed E-state index contributed by atoms with van der Waals surface area (Å²) in [7, 11) is 4.76. The van der Waals surface area contributed by atoms with Crippen molar-refractivity contribution in [2.24, 2.45) is 5.92 Å². The number of fused-ring (bicyclic) bond motifs is 1. The summed E-state index contributed by atoms with van der Waals surface area (Å²) in [4.78, 5) is 25.6. The lowest BCUT2D eigenvalue weighted by molar-refractivity contribution is -0.138. The van der Waals surface area contributed by atoms with Gasteiger partial charge in [0.05, 0.1) is 26.7 Å². The molecular weight excluding hydrogens is 360 g/mol. The highest BCUT2D eigenvalue weighted by Gasteiger charge is 2.32. The molecule has 0 atom stereocenters. The van der Waals surface area contributed by atoms with Crippen LogP contribution in [0.5, 0.6) is 17.2 Å². The predicted octanol–water partition coefficient (Wildman–Crippen LogP) is 2.10. The van der Waals surface area contributed by atoms with E-state index in [0.717, 1.165) is 37.1 Å². The third-order valence-corrected chi connectivity index (χ3v) is 5.76. The Morgan fingerprint density at radius 3 is 2.29 bits per heavy atom. The van der Waals surface area contributed by atoms with Gasteiger partial charge in [0.1, 0.15) is 17.7 Å². The number of ether oxygens (including phenoxy) is 3. The molecule has 1 saturated carbocycles. The van der Waals surface area contributed by atoms with E-state index in [9.17, 15) is 4.79 Å². The number of hydrogen-bond acceptors (Lipinski definition) is 7. The molecule has 1 aliphatic carbocycles. The van der Waals surface area contributed by atoms with Crippen molar-refractivity contribution >= 4 is 22.6 Å². The monoisotopic (exact) mass is 386 g/mol. The Morgan fingerprint density at radius 2 is 1.71 bits per heavy atom. The third kappa shape index (κ3) is 3.06. The number of aromatic nitrogens is 2. The van der Waals surface area contributed by atoms with E-state index in [1.807, 2.05) is 11.0 Å². The van der Waals surface area contributed by atoms with E-state index in [-0.39, 0.29) is 5.92 Å². The maximum absolute atomic E-state index is 12.5. The number of piperazine rings is 1. The van der Waals surface area contributed by atoms with E-state index in [1.165, 1.54) is 12.7 Å². The second kappa shape index (κ2) is 7.69. The fraction of sp³-hybridized carbons (Fsp3) is 0.550. The molecule has 0 radical (unpaired) electrons. The van der Waals surface area contributed by atoms with Gasteiger partial charge in [0, 0.05) is 32.1 Å². The summed E-state index contributed by atoms with van der Waals surface area (Å²) in [5.74, 6) is 2.98. The Labute approximate surface area is 164 Å². The van der Waals surface area contributed by atoms with E-state index < -0.39 is 0 Å². The molecule has 1 amide bonds. The van der Waals surface area contributed by atoms with Gasteiger partial charge in [-0.2, -0.15) is 0 Å². The average molecular weight is 386 g/mol. The number of nitrogens with zero attached hydrogens (tertiary/aromatic N) is 4. The van der Waals surface area contributed by atoms with Crippen molar-refractivity contribution in [1.29, 1.82) is 0 Å². The largest absolute Gasteiger partial charge is 0.493 e. The molecular formula is C20H26N4O4. The van der Waals surface area contributed by atoms with Gasteiger partial charge in [0.2, 0.25) is 11.7 Å². The van der Waals surface area contributed by atoms with Crippen LogP contribution < -0.4 is 19.1 Å². The van der Waals surface area contributed by atoms with Gasteiger partial charge in [-0.25, -0.2) is 9.97 Å². The van der Waals surface area contributed by atoms with Gasteiger partial charge in [-0.05, 0) is 18.9 Å². The molecule has 1 aromatic carbocycles. The van der Waals surface area contributed by atoms with E-state index in [2.05, 4.69) is 14.9 Å². The van der Waals surface area contributed by atoms with Crippen LogP contribution in [0.4, 0.5) is 5.82 Å². The van der Waals surface area contributed by atoms with Gasteiger partial charge in [0.25, 0.3) is 0 Å². The van der Waals surface area contributed by atoms with Crippen molar-refractivity contribution < 1.29 is 19.0 Å². The zero-order valence-electron chi connectivity index (χ0n) is 16.6. The van der Waals surface area contributed by atoms with E-state index in [4.69, 9.17) is 14.2 Å². The molecule has 1 aliphatic heterocycles. The molecule has 28 heavy (non-hydrogen) atoms. The maximum atomic E-state index is 12.5. The zero-order valence-corrected chi connectivity index (χ0v) is 16.6. The minimum absolute atomic E-state index is 0.243. The number of methoxy groups -OCH3 is 3. The Bertz CT molecular complexity index is 876. The number of carbonyl (C=O) groups is 1. The summed E-state index contributed by atoms with van der Waals surface area (Å²) in [5.41, 5.74) is 0.679. The topological polar surface area (TPSA) is 77.0 Å². The van der Waals surface area contributed by atoms with Crippen molar-refractivity contribution in [1.82, 2.24) is 14.9 Å². The number of anilines is 1. The van der Waals surface area contributed by atoms with Crippen molar-refractivity contribution in [3.63, 3.8) is 0 Å². The number of rotatable bonds is 5. The average Bonchev–Trinajstić information content (AvgIpc) is 2.70. The standard InChI is InChI=1S/C20H26N4O4/c1-26-15-11-14-16(18(28-3)17(15)27-2)21-12-22-19(14)23-7-9-24(10-8-23)20(25)13-5-4-6-13/h11-13H,4-10H2,1-3H3. The molecule has 0 bridgehead atoms. The molecule has 1 saturated heterocycles. The normalized spacial score (nSPS) is 17.4. The maximum Gasteiger partial charge on any atom is 0.225 e. The van der Waals surface area contributed by atoms with E-state index in [0.29, 0.717) is 41.8 Å². The highest BCUT2D eigenvalue weighted by molar-refractivity contribution is 5.97. The highest BCUT2D eigenvalue weighted by Crippen LogP contribution is 2.44. The summed E-state index contributed by atoms with van der Waals surface area (Å²) in [5, 5.41) is 0.843. The Morgan fingerprint density at radius 1 is 1.00 bits per heavy atom. The summed E-state index contributed by atoms with van der Waals surface area (Å²) in [6, 6.07) is 1.89. The van der Waals surface area contributed by atoms with Crippen LogP contribution in [0.1, 0.15) is 19.3 Å². The van der Waals surface area contributed by atoms with Gasteiger partial charge in [-0.3, -0.25) is 4.79 Å². The first-order valence-corrected chi connectivity index (χ1v) is 9.65. The van der Waals surface area contributed by atoms with Crippen LogP contribution in [0, 0.1) is 5.92 Å². The van der Waals surface area contributed by atoms with Crippen molar-refractivity contribution in [2.45, 2.75) is 19.3 Å². The minimum Gasteiger partial charge on any atom is -0.493 e. The lowest BCUT2D eigenvalue weighted by Crippen LogP contribution is -2.51. The van der Waals surface area contributed by atoms with Crippen molar-refractivity contribution in [3.05, 3.63) is 12.4 Å². The van der Waals surface area contributed by atoms with Gasteiger partial charge in [0.15, 0.2) is 11.5 Å². The van der Waals surface area contributed by atoms with Crippen LogP contribution in [0.15, 0.2) is 12.4 Å². The van der Waals surface area contributed by atoms with Gasteiger partial charge in [-0.15, -0.1) is 0 Å². The third-order valence-electron chi connectivity index (χ3n) is 5.76. The molecule has 4 rings (SSSR count). The molecule has 0 spiro atoms. The molecule has 1 aromatic heterocycles. The first-order valence-electron chi connectivity index (χ1n) is 9.65. The van der Waals surface area contributed by atoms with E-state index in [1.54, 1.807) is 21.3 Å². The van der Waals surface area contributed by atoms with Crippen LogP contribution in [0.2, 0.25) is 0 Å². The number of benzene rings is 1. The second-order valence-electron chi connectivity index (χ2n) is 7.18. The lowest BCUT2D eigenvalue weighted by atomic mass is 9.84. The summed E-state index contributed by atoms with van der Waals surface area (Å²) in [6.45, 7) is 2.90. The Kier molecular flexibility index (Phi) is 5.11. The van der Waals surface area contributed by atoms with E-state index >= 15 is 0 Å². The Balaban J connectivity index is 1.63. The first-order chi connectivity index (χ1) is 13.7. The lowest BCUT2D eigenvalue weighted by Gasteiger charge is -2.38. The molecule has 0 unspecified atom stereocenters. The number of carbonyl (C=O) groups excluding carboxylic acids is 1. The molecule has 2 aromatic rings. The molecule has 2 aliphatic rings. The van der Waals surface area contributed by atoms with Crippen molar-refractivity contribution in [3.8, 4) is 17.2 Å². The second-order valence-corrected chi connectivity index (χ2v) is 7.18. The molecule has 150 valence electrons. The molecule has 2 heterocycles. The summed E-state index contributed by atoms with van der Waals surface area (Å²) >= 11 is 0. The smallest absolute Gasteiger partial charge is 0.225 e. The van der Waals surface area contributed by atoms with Crippen LogP contribution >= 0.6 is 0 Å². The number of amides is 1. The molecule has 2 fully saturated rings. The van der Waals surface area contributed by atoms with Crippen LogP contribution in [0.3, 0.4) is 0 Å². The van der Waals surface area contributed by atoms with Crippen molar-refractivity contribution in [2.75, 3.05) is 52.4 Å². The van der Waals surface area contributed by atoms with Crippen LogP contribution in [-0.2, 0) is 4.79 Å². The van der Waals surface area contributed by atoms with Gasteiger partial charge >= 0.3 is 0 Å². The molecule has 8 nitrogen and oxygen atoms in total. The van der Waals surface area contributed by atoms with Crippen LogP contribution in [-0.4, -0.2) is 68.3 Å². The molecule has 0 N–H and O–H groups in total. The number of hydrogen-bond donors (Lipinski definition) is 0. The predicted molar refractivity (Wildman–Crippen MR) is 105 cm³/mol. The first kappa shape index (κ1) is 18.6. The highest BCUT2D eigenvalue weighted by atomic mass is 16.5. The summed E-state index contributed by atoms with van der Waals surface area (Å²) in [6.07, 6.45) is 4.79. The SMILES string of the molecule is COc1cc2c(N3CCN(C(=O)C4CCC4)CC3)ncnc2c(OC)c1OC. The molecule has 8 heteroatoms. The Hall–Kier alpha value is -2.77. The fourth-order valence-electron chi connectivity index (χ4n) is 3.95. The summed E-state index contributed by atoms with van der Waals surface area (Å²) < 4.78 is 16.5. The quantitative estimate of drug-likeness (QED) is 0.779. The van der Waals surface area contributed by atoms with Crippen LogP contribution in [0.25, 0.3) is 10.9 Å². The van der Waals surface area contributed by atoms with Gasteiger partial charge < -0.3 is 24.0 Å². The van der Waals surface area contributed by atoms with Gasteiger partial charge in [-0.1, -0.05) is 6.42 Å².